The Morgan fingerprint density at radius 1 is 1.11 bits per heavy atom. The Bertz CT molecular complexity index is 274. The average molecular weight is 272 g/mol. The van der Waals surface area contributed by atoms with E-state index in [2.05, 4.69) is 12.2 Å². The molecule has 18 heavy (non-hydrogen) atoms. The van der Waals surface area contributed by atoms with Crippen molar-refractivity contribution >= 4 is 17.5 Å². The van der Waals surface area contributed by atoms with E-state index in [1.165, 1.54) is 32.1 Å². The fourth-order valence-corrected chi connectivity index (χ4v) is 3.77. The Morgan fingerprint density at radius 2 is 1.78 bits per heavy atom. The van der Waals surface area contributed by atoms with Crippen molar-refractivity contribution in [1.29, 1.82) is 0 Å². The minimum absolute atomic E-state index is 0.263. The third-order valence-electron chi connectivity index (χ3n) is 4.82. The van der Waals surface area contributed by atoms with Crippen LogP contribution in [0.5, 0.6) is 0 Å². The quantitative estimate of drug-likeness (QED) is 0.779. The summed E-state index contributed by atoms with van der Waals surface area (Å²) in [6, 6.07) is 0.336. The highest BCUT2D eigenvalue weighted by atomic mass is 35.5. The lowest BCUT2D eigenvalue weighted by Crippen LogP contribution is -2.45. The Hall–Kier alpha value is -0.240. The predicted octanol–water partition coefficient (Wildman–Crippen LogP) is 3.73. The molecule has 1 N–H and O–H groups in total. The Morgan fingerprint density at radius 3 is 2.44 bits per heavy atom. The van der Waals surface area contributed by atoms with Crippen LogP contribution in [0.15, 0.2) is 0 Å². The number of nitrogens with one attached hydrogen (secondary N) is 1. The number of rotatable bonds is 3. The van der Waals surface area contributed by atoms with E-state index in [9.17, 15) is 4.79 Å². The average Bonchev–Trinajstić information content (AvgIpc) is 2.40. The van der Waals surface area contributed by atoms with Crippen LogP contribution >= 0.6 is 11.6 Å². The number of carbonyl (C=O) groups excluding carboxylic acids is 1. The molecule has 2 atom stereocenters. The smallest absolute Gasteiger partial charge is 0.223 e. The van der Waals surface area contributed by atoms with Crippen molar-refractivity contribution in [1.82, 2.24) is 5.32 Å². The van der Waals surface area contributed by atoms with Gasteiger partial charge in [-0.2, -0.15) is 0 Å². The minimum atomic E-state index is 0.263. The lowest BCUT2D eigenvalue weighted by molar-refractivity contribution is -0.127. The molecule has 0 bridgehead atoms. The van der Waals surface area contributed by atoms with Crippen molar-refractivity contribution in [3.05, 3.63) is 0 Å². The summed E-state index contributed by atoms with van der Waals surface area (Å²) in [6.07, 6.45) is 9.37. The second-order valence-electron chi connectivity index (χ2n) is 6.27. The van der Waals surface area contributed by atoms with Crippen molar-refractivity contribution in [2.75, 3.05) is 5.88 Å². The van der Waals surface area contributed by atoms with E-state index in [1.54, 1.807) is 0 Å². The number of alkyl halides is 1. The summed E-state index contributed by atoms with van der Waals surface area (Å²) in [5.41, 5.74) is 0. The fourth-order valence-electron chi connectivity index (χ4n) is 3.41. The van der Waals surface area contributed by atoms with Crippen LogP contribution in [0.2, 0.25) is 0 Å². The summed E-state index contributed by atoms with van der Waals surface area (Å²) >= 11 is 6.01. The van der Waals surface area contributed by atoms with Gasteiger partial charge < -0.3 is 5.32 Å². The first-order chi connectivity index (χ1) is 8.70. The third kappa shape index (κ3) is 3.63. The molecular weight excluding hydrogens is 246 g/mol. The van der Waals surface area contributed by atoms with Crippen LogP contribution in [0.4, 0.5) is 0 Å². The zero-order valence-corrected chi connectivity index (χ0v) is 12.2. The van der Waals surface area contributed by atoms with Crippen LogP contribution in [-0.4, -0.2) is 17.8 Å². The van der Waals surface area contributed by atoms with Crippen LogP contribution in [0.25, 0.3) is 0 Å². The molecule has 0 spiro atoms. The molecule has 0 aliphatic heterocycles. The van der Waals surface area contributed by atoms with Gasteiger partial charge in [0.2, 0.25) is 5.91 Å². The Labute approximate surface area is 116 Å². The lowest BCUT2D eigenvalue weighted by Gasteiger charge is -2.33. The lowest BCUT2D eigenvalue weighted by atomic mass is 9.81. The highest BCUT2D eigenvalue weighted by Crippen LogP contribution is 2.30. The first-order valence-electron chi connectivity index (χ1n) is 7.57. The zero-order chi connectivity index (χ0) is 13.0. The summed E-state index contributed by atoms with van der Waals surface area (Å²) in [4.78, 5) is 12.3. The second-order valence-corrected chi connectivity index (χ2v) is 6.58. The van der Waals surface area contributed by atoms with Gasteiger partial charge in [-0.3, -0.25) is 4.79 Å². The van der Waals surface area contributed by atoms with Crippen LogP contribution in [-0.2, 0) is 4.79 Å². The van der Waals surface area contributed by atoms with E-state index in [0.717, 1.165) is 25.2 Å². The van der Waals surface area contributed by atoms with E-state index in [-0.39, 0.29) is 5.92 Å². The molecule has 0 saturated heterocycles. The molecule has 2 aliphatic rings. The van der Waals surface area contributed by atoms with Crippen molar-refractivity contribution in [3.63, 3.8) is 0 Å². The van der Waals surface area contributed by atoms with Crippen LogP contribution in [0.3, 0.4) is 0 Å². The maximum atomic E-state index is 12.3. The molecule has 104 valence electrons. The van der Waals surface area contributed by atoms with Gasteiger partial charge in [0.05, 0.1) is 0 Å². The predicted molar refractivity (Wildman–Crippen MR) is 75.7 cm³/mol. The van der Waals surface area contributed by atoms with Crippen LogP contribution in [0, 0.1) is 17.8 Å². The van der Waals surface area contributed by atoms with Crippen molar-refractivity contribution in [2.45, 2.75) is 64.3 Å². The van der Waals surface area contributed by atoms with E-state index >= 15 is 0 Å². The Kier molecular flexibility index (Phi) is 5.35. The summed E-state index contributed by atoms with van der Waals surface area (Å²) in [5.74, 6) is 2.54. The van der Waals surface area contributed by atoms with Gasteiger partial charge in [-0.25, -0.2) is 0 Å². The molecule has 0 aromatic heterocycles. The molecule has 0 aromatic rings. The molecule has 0 heterocycles. The van der Waals surface area contributed by atoms with E-state index < -0.39 is 0 Å². The van der Waals surface area contributed by atoms with Gasteiger partial charge in [0.15, 0.2) is 0 Å². The largest absolute Gasteiger partial charge is 0.353 e. The molecule has 0 aromatic carbocycles. The monoisotopic (exact) mass is 271 g/mol. The van der Waals surface area contributed by atoms with Gasteiger partial charge in [0, 0.05) is 17.8 Å². The fraction of sp³-hybridized carbons (Fsp3) is 0.933. The van der Waals surface area contributed by atoms with Gasteiger partial charge in [0.25, 0.3) is 0 Å². The SMILES string of the molecule is CC1CCC(C(=O)NC2CCCCC2CCl)CC1. The maximum absolute atomic E-state index is 12.3. The zero-order valence-electron chi connectivity index (χ0n) is 11.5. The van der Waals surface area contributed by atoms with E-state index in [4.69, 9.17) is 11.6 Å². The summed E-state index contributed by atoms with van der Waals surface area (Å²) in [6.45, 7) is 2.29. The maximum Gasteiger partial charge on any atom is 0.223 e. The molecular formula is C15H26ClNO. The molecule has 2 fully saturated rings. The van der Waals surface area contributed by atoms with Crippen LogP contribution < -0.4 is 5.32 Å². The molecule has 2 rings (SSSR count). The van der Waals surface area contributed by atoms with Crippen molar-refractivity contribution in [3.8, 4) is 0 Å². The molecule has 3 heteroatoms. The minimum Gasteiger partial charge on any atom is -0.353 e. The number of hydrogen-bond acceptors (Lipinski definition) is 1. The van der Waals surface area contributed by atoms with E-state index in [0.29, 0.717) is 23.7 Å². The summed E-state index contributed by atoms with van der Waals surface area (Å²) in [5, 5.41) is 3.28. The number of carbonyl (C=O) groups is 1. The van der Waals surface area contributed by atoms with E-state index in [1.807, 2.05) is 0 Å². The first-order valence-corrected chi connectivity index (χ1v) is 8.10. The molecule has 2 saturated carbocycles. The normalized spacial score (nSPS) is 37.2. The summed E-state index contributed by atoms with van der Waals surface area (Å²) in [7, 11) is 0. The van der Waals surface area contributed by atoms with Crippen molar-refractivity contribution in [2.24, 2.45) is 17.8 Å². The molecule has 2 nitrogen and oxygen atoms in total. The van der Waals surface area contributed by atoms with Gasteiger partial charge in [-0.05, 0) is 50.4 Å². The molecule has 2 aliphatic carbocycles. The first kappa shape index (κ1) is 14.2. The standard InChI is InChI=1S/C15H26ClNO/c1-11-6-8-12(9-7-11)15(18)17-14-5-3-2-4-13(14)10-16/h11-14H,2-10H2,1H3,(H,17,18). The van der Waals surface area contributed by atoms with Gasteiger partial charge >= 0.3 is 0 Å². The number of amides is 1. The number of hydrogen-bond donors (Lipinski definition) is 1. The highest BCUT2D eigenvalue weighted by Gasteiger charge is 2.29. The molecule has 2 unspecified atom stereocenters. The second kappa shape index (κ2) is 6.79. The third-order valence-corrected chi connectivity index (χ3v) is 5.22. The van der Waals surface area contributed by atoms with Gasteiger partial charge in [0.1, 0.15) is 0 Å². The topological polar surface area (TPSA) is 29.1 Å². The highest BCUT2D eigenvalue weighted by molar-refractivity contribution is 6.18. The molecule has 0 radical (unpaired) electrons. The van der Waals surface area contributed by atoms with Gasteiger partial charge in [-0.15, -0.1) is 11.6 Å². The summed E-state index contributed by atoms with van der Waals surface area (Å²) < 4.78 is 0. The van der Waals surface area contributed by atoms with Gasteiger partial charge in [-0.1, -0.05) is 19.8 Å². The molecule has 1 amide bonds. The number of halogens is 1. The Balaban J connectivity index is 1.82. The van der Waals surface area contributed by atoms with Crippen molar-refractivity contribution < 1.29 is 4.79 Å². The van der Waals surface area contributed by atoms with Crippen LogP contribution in [0.1, 0.15) is 58.3 Å².